The number of carbonyl (C=O) groups excluding carboxylic acids is 1. The lowest BCUT2D eigenvalue weighted by Gasteiger charge is -2.32. The normalized spacial score (nSPS) is 16.1. The Hall–Kier alpha value is -1.82. The Balaban J connectivity index is 2.24. The summed E-state index contributed by atoms with van der Waals surface area (Å²) in [5.41, 5.74) is 6.78. The second-order valence-corrected chi connectivity index (χ2v) is 4.56. The average Bonchev–Trinajstić information content (AvgIpc) is 2.47. The molecule has 0 bridgehead atoms. The molecule has 0 saturated carbocycles. The Labute approximate surface area is 112 Å². The molecule has 1 aliphatic heterocycles. The number of nitrogens with two attached hydrogens (primary N) is 1. The molecule has 6 nitrogen and oxygen atoms in total. The molecule has 19 heavy (non-hydrogen) atoms. The van der Waals surface area contributed by atoms with Gasteiger partial charge in [0, 0.05) is 26.3 Å². The highest BCUT2D eigenvalue weighted by Gasteiger charge is 2.22. The first kappa shape index (κ1) is 13.6. The number of rotatable bonds is 3. The number of hydrogen-bond donors (Lipinski definition) is 1. The number of nitrogen functional groups attached to an aromatic ring is 1. The number of esters is 1. The maximum absolute atomic E-state index is 11.5. The minimum absolute atomic E-state index is 0.269. The van der Waals surface area contributed by atoms with E-state index in [9.17, 15) is 4.79 Å². The molecule has 0 aromatic carbocycles. The smallest absolute Gasteiger partial charge is 0.356 e. The number of anilines is 2. The first-order valence-corrected chi connectivity index (χ1v) is 6.29. The summed E-state index contributed by atoms with van der Waals surface area (Å²) in [6.45, 7) is 1.48. The van der Waals surface area contributed by atoms with E-state index >= 15 is 0 Å². The fraction of sp³-hybridized carbons (Fsp3) is 0.538. The third-order valence-corrected chi connectivity index (χ3v) is 3.37. The van der Waals surface area contributed by atoms with Gasteiger partial charge in [0.1, 0.15) is 0 Å². The lowest BCUT2D eigenvalue weighted by Crippen LogP contribution is -2.37. The van der Waals surface area contributed by atoms with Gasteiger partial charge in [-0.15, -0.1) is 0 Å². The van der Waals surface area contributed by atoms with Crippen LogP contribution in [-0.4, -0.2) is 44.4 Å². The SMILES string of the molecule is COC(=O)c1ccc(N)c(N(C)C2CCOCC2)n1. The number of methoxy groups -OCH3 is 1. The van der Waals surface area contributed by atoms with Gasteiger partial charge in [0.25, 0.3) is 0 Å². The van der Waals surface area contributed by atoms with E-state index < -0.39 is 5.97 Å². The largest absolute Gasteiger partial charge is 0.464 e. The Morgan fingerprint density at radius 3 is 2.79 bits per heavy atom. The predicted molar refractivity (Wildman–Crippen MR) is 72.2 cm³/mol. The van der Waals surface area contributed by atoms with Crippen LogP contribution in [0.3, 0.4) is 0 Å². The summed E-state index contributed by atoms with van der Waals surface area (Å²) < 4.78 is 10.0. The van der Waals surface area contributed by atoms with Crippen molar-refractivity contribution >= 4 is 17.5 Å². The van der Waals surface area contributed by atoms with Gasteiger partial charge in [-0.2, -0.15) is 0 Å². The van der Waals surface area contributed by atoms with Crippen molar-refractivity contribution in [2.75, 3.05) is 38.0 Å². The van der Waals surface area contributed by atoms with Crippen LogP contribution in [0.4, 0.5) is 11.5 Å². The van der Waals surface area contributed by atoms with E-state index in [1.165, 1.54) is 7.11 Å². The summed E-state index contributed by atoms with van der Waals surface area (Å²) in [4.78, 5) is 17.8. The van der Waals surface area contributed by atoms with Crippen molar-refractivity contribution in [2.45, 2.75) is 18.9 Å². The third kappa shape index (κ3) is 2.96. The molecule has 0 unspecified atom stereocenters. The van der Waals surface area contributed by atoms with E-state index in [-0.39, 0.29) is 5.69 Å². The van der Waals surface area contributed by atoms with Crippen LogP contribution in [-0.2, 0) is 9.47 Å². The van der Waals surface area contributed by atoms with Gasteiger partial charge in [-0.3, -0.25) is 0 Å². The average molecular weight is 265 g/mol. The minimum atomic E-state index is -0.457. The van der Waals surface area contributed by atoms with Crippen molar-refractivity contribution in [3.63, 3.8) is 0 Å². The van der Waals surface area contributed by atoms with Crippen LogP contribution in [0.25, 0.3) is 0 Å². The van der Waals surface area contributed by atoms with Crippen molar-refractivity contribution in [1.82, 2.24) is 4.98 Å². The first-order valence-electron chi connectivity index (χ1n) is 6.29. The highest BCUT2D eigenvalue weighted by Crippen LogP contribution is 2.25. The summed E-state index contributed by atoms with van der Waals surface area (Å²) in [6.07, 6.45) is 1.86. The molecule has 1 fully saturated rings. The van der Waals surface area contributed by atoms with Crippen LogP contribution in [0.15, 0.2) is 12.1 Å². The van der Waals surface area contributed by atoms with Crippen LogP contribution < -0.4 is 10.6 Å². The lowest BCUT2D eigenvalue weighted by atomic mass is 10.1. The molecule has 6 heteroatoms. The first-order chi connectivity index (χ1) is 9.13. The molecule has 1 aromatic rings. The summed E-state index contributed by atoms with van der Waals surface area (Å²) >= 11 is 0. The molecule has 0 aliphatic carbocycles. The van der Waals surface area contributed by atoms with Gasteiger partial charge in [0.05, 0.1) is 12.8 Å². The second kappa shape index (κ2) is 5.88. The van der Waals surface area contributed by atoms with Crippen LogP contribution in [0.5, 0.6) is 0 Å². The van der Waals surface area contributed by atoms with Gasteiger partial charge in [-0.1, -0.05) is 0 Å². The molecule has 0 atom stereocenters. The Bertz CT molecular complexity index is 458. The van der Waals surface area contributed by atoms with Gasteiger partial charge < -0.3 is 20.1 Å². The molecule has 2 N–H and O–H groups in total. The fourth-order valence-electron chi connectivity index (χ4n) is 2.21. The molecule has 1 aliphatic rings. The van der Waals surface area contributed by atoms with Gasteiger partial charge in [0.2, 0.25) is 0 Å². The van der Waals surface area contributed by atoms with E-state index in [0.717, 1.165) is 26.1 Å². The topological polar surface area (TPSA) is 77.7 Å². The number of aromatic nitrogens is 1. The van der Waals surface area contributed by atoms with Crippen molar-refractivity contribution < 1.29 is 14.3 Å². The van der Waals surface area contributed by atoms with Crippen LogP contribution in [0.1, 0.15) is 23.3 Å². The summed E-state index contributed by atoms with van der Waals surface area (Å²) in [5, 5.41) is 0. The molecule has 2 heterocycles. The highest BCUT2D eigenvalue weighted by atomic mass is 16.5. The van der Waals surface area contributed by atoms with Crippen LogP contribution in [0.2, 0.25) is 0 Å². The molecule has 1 saturated heterocycles. The molecule has 104 valence electrons. The molecule has 2 rings (SSSR count). The lowest BCUT2D eigenvalue weighted by molar-refractivity contribution is 0.0594. The van der Waals surface area contributed by atoms with Gasteiger partial charge >= 0.3 is 5.97 Å². The number of hydrogen-bond acceptors (Lipinski definition) is 6. The summed E-state index contributed by atoms with van der Waals surface area (Å²) in [6, 6.07) is 3.59. The number of ether oxygens (including phenoxy) is 2. The highest BCUT2D eigenvalue weighted by molar-refractivity contribution is 5.88. The van der Waals surface area contributed by atoms with E-state index in [1.54, 1.807) is 12.1 Å². The van der Waals surface area contributed by atoms with Crippen molar-refractivity contribution in [3.05, 3.63) is 17.8 Å². The van der Waals surface area contributed by atoms with E-state index in [2.05, 4.69) is 9.72 Å². The molecule has 0 spiro atoms. The molecular weight excluding hydrogens is 246 g/mol. The van der Waals surface area contributed by atoms with Crippen molar-refractivity contribution in [2.24, 2.45) is 0 Å². The van der Waals surface area contributed by atoms with Gasteiger partial charge in [-0.25, -0.2) is 9.78 Å². The Morgan fingerprint density at radius 2 is 2.16 bits per heavy atom. The number of nitrogens with zero attached hydrogens (tertiary/aromatic N) is 2. The molecule has 0 radical (unpaired) electrons. The molecule has 1 aromatic heterocycles. The summed E-state index contributed by atoms with van der Waals surface area (Å²) in [5.74, 6) is 0.163. The third-order valence-electron chi connectivity index (χ3n) is 3.37. The van der Waals surface area contributed by atoms with Crippen LogP contribution in [0, 0.1) is 0 Å². The van der Waals surface area contributed by atoms with E-state index in [4.69, 9.17) is 10.5 Å². The zero-order valence-corrected chi connectivity index (χ0v) is 11.3. The zero-order valence-electron chi connectivity index (χ0n) is 11.3. The van der Waals surface area contributed by atoms with E-state index in [1.807, 2.05) is 11.9 Å². The van der Waals surface area contributed by atoms with Gasteiger partial charge in [-0.05, 0) is 25.0 Å². The quantitative estimate of drug-likeness (QED) is 0.824. The molecule has 0 amide bonds. The molecular formula is C13H19N3O3. The van der Waals surface area contributed by atoms with Gasteiger partial charge in [0.15, 0.2) is 11.5 Å². The summed E-state index contributed by atoms with van der Waals surface area (Å²) in [7, 11) is 3.28. The second-order valence-electron chi connectivity index (χ2n) is 4.56. The van der Waals surface area contributed by atoms with E-state index in [0.29, 0.717) is 17.5 Å². The maximum Gasteiger partial charge on any atom is 0.356 e. The predicted octanol–water partition coefficient (Wildman–Crippen LogP) is 1.07. The Kier molecular flexibility index (Phi) is 4.21. The van der Waals surface area contributed by atoms with Crippen molar-refractivity contribution in [3.8, 4) is 0 Å². The standard InChI is InChI=1S/C13H19N3O3/c1-16(9-5-7-19-8-6-9)12-10(14)3-4-11(15-12)13(17)18-2/h3-4,9H,5-8,14H2,1-2H3. The minimum Gasteiger partial charge on any atom is -0.464 e. The zero-order chi connectivity index (χ0) is 13.8. The fourth-order valence-corrected chi connectivity index (χ4v) is 2.21. The van der Waals surface area contributed by atoms with Crippen LogP contribution >= 0.6 is 0 Å². The number of pyridine rings is 1. The maximum atomic E-state index is 11.5. The van der Waals surface area contributed by atoms with Crippen molar-refractivity contribution in [1.29, 1.82) is 0 Å². The number of carbonyl (C=O) groups is 1. The Morgan fingerprint density at radius 1 is 1.47 bits per heavy atom. The monoisotopic (exact) mass is 265 g/mol.